The number of anilines is 1. The number of methoxy groups -OCH3 is 1. The maximum absolute atomic E-state index is 13.7. The van der Waals surface area contributed by atoms with Gasteiger partial charge in [-0.25, -0.2) is 4.39 Å². The number of hydrogen-bond acceptors (Lipinski definition) is 3. The van der Waals surface area contributed by atoms with E-state index in [1.54, 1.807) is 6.92 Å². The first-order chi connectivity index (χ1) is 9.69. The number of hydrogen-bond donors (Lipinski definition) is 2. The first-order valence-corrected chi connectivity index (χ1v) is 6.58. The standard InChI is InChI=1S/C14H20F4N2O/c1-13(9-19,6-3-7-14(16,17)18)20-12-8-10(21-2)4-5-11(12)15/h4-5,8,20H,3,6-7,9,19H2,1-2H3. The van der Waals surface area contributed by atoms with Crippen molar-refractivity contribution in [1.29, 1.82) is 0 Å². The largest absolute Gasteiger partial charge is 0.497 e. The molecule has 0 bridgehead atoms. The molecule has 7 heteroatoms. The lowest BCUT2D eigenvalue weighted by molar-refractivity contribution is -0.136. The van der Waals surface area contributed by atoms with Crippen molar-refractivity contribution in [3.05, 3.63) is 24.0 Å². The predicted octanol–water partition coefficient (Wildman–Crippen LogP) is 3.70. The van der Waals surface area contributed by atoms with E-state index in [1.807, 2.05) is 0 Å². The van der Waals surface area contributed by atoms with E-state index in [-0.39, 0.29) is 25.1 Å². The van der Waals surface area contributed by atoms with E-state index in [2.05, 4.69) is 5.32 Å². The van der Waals surface area contributed by atoms with Gasteiger partial charge in [0.1, 0.15) is 11.6 Å². The van der Waals surface area contributed by atoms with Crippen LogP contribution in [-0.4, -0.2) is 25.4 Å². The SMILES string of the molecule is COc1ccc(F)c(NC(C)(CN)CCCC(F)(F)F)c1. The van der Waals surface area contributed by atoms with Gasteiger partial charge in [-0.3, -0.25) is 0 Å². The molecule has 1 aromatic carbocycles. The van der Waals surface area contributed by atoms with Crippen LogP contribution in [-0.2, 0) is 0 Å². The van der Waals surface area contributed by atoms with E-state index < -0.39 is 24.0 Å². The lowest BCUT2D eigenvalue weighted by Crippen LogP contribution is -2.43. The molecule has 3 N–H and O–H groups in total. The van der Waals surface area contributed by atoms with E-state index in [9.17, 15) is 17.6 Å². The van der Waals surface area contributed by atoms with E-state index in [4.69, 9.17) is 10.5 Å². The summed E-state index contributed by atoms with van der Waals surface area (Å²) in [6, 6.07) is 4.14. The second-order valence-corrected chi connectivity index (χ2v) is 5.20. The Morgan fingerprint density at radius 3 is 2.43 bits per heavy atom. The van der Waals surface area contributed by atoms with Gasteiger partial charge in [-0.15, -0.1) is 0 Å². The molecule has 21 heavy (non-hydrogen) atoms. The molecule has 0 aliphatic carbocycles. The van der Waals surface area contributed by atoms with Crippen LogP contribution < -0.4 is 15.8 Å². The van der Waals surface area contributed by atoms with E-state index >= 15 is 0 Å². The Morgan fingerprint density at radius 1 is 1.24 bits per heavy atom. The van der Waals surface area contributed by atoms with Gasteiger partial charge in [0.15, 0.2) is 0 Å². The van der Waals surface area contributed by atoms with Crippen molar-refractivity contribution in [1.82, 2.24) is 0 Å². The molecule has 0 aliphatic rings. The zero-order valence-electron chi connectivity index (χ0n) is 12.1. The molecule has 1 rings (SSSR count). The van der Waals surface area contributed by atoms with Crippen LogP contribution in [0.25, 0.3) is 0 Å². The molecule has 1 atom stereocenters. The molecule has 0 radical (unpaired) electrons. The molecule has 0 aliphatic heterocycles. The topological polar surface area (TPSA) is 47.3 Å². The summed E-state index contributed by atoms with van der Waals surface area (Å²) in [4.78, 5) is 0. The molecule has 0 heterocycles. The summed E-state index contributed by atoms with van der Waals surface area (Å²) < 4.78 is 55.3. The van der Waals surface area contributed by atoms with Crippen molar-refractivity contribution in [2.75, 3.05) is 19.0 Å². The molecule has 0 saturated heterocycles. The molecule has 120 valence electrons. The normalized spacial score (nSPS) is 14.6. The number of rotatable bonds is 7. The molecule has 0 saturated carbocycles. The van der Waals surface area contributed by atoms with E-state index in [0.29, 0.717) is 5.75 Å². The molecular weight excluding hydrogens is 288 g/mol. The zero-order chi connectivity index (χ0) is 16.1. The number of nitrogens with one attached hydrogen (secondary N) is 1. The molecule has 0 fully saturated rings. The summed E-state index contributed by atoms with van der Waals surface area (Å²) in [5, 5.41) is 2.89. The van der Waals surface area contributed by atoms with Crippen molar-refractivity contribution in [2.24, 2.45) is 5.73 Å². The van der Waals surface area contributed by atoms with Crippen molar-refractivity contribution in [3.63, 3.8) is 0 Å². The third-order valence-corrected chi connectivity index (χ3v) is 3.25. The Kier molecular flexibility index (Phi) is 5.83. The summed E-state index contributed by atoms with van der Waals surface area (Å²) in [6.07, 6.45) is -4.98. The highest BCUT2D eigenvalue weighted by Crippen LogP contribution is 2.28. The van der Waals surface area contributed by atoms with Crippen LogP contribution in [0.4, 0.5) is 23.2 Å². The predicted molar refractivity (Wildman–Crippen MR) is 73.9 cm³/mol. The van der Waals surface area contributed by atoms with E-state index in [0.717, 1.165) is 0 Å². The highest BCUT2D eigenvalue weighted by Gasteiger charge is 2.30. The fraction of sp³-hybridized carbons (Fsp3) is 0.571. The monoisotopic (exact) mass is 308 g/mol. The van der Waals surface area contributed by atoms with Crippen molar-refractivity contribution < 1.29 is 22.3 Å². The highest BCUT2D eigenvalue weighted by atomic mass is 19.4. The minimum absolute atomic E-state index is 0.0736. The lowest BCUT2D eigenvalue weighted by Gasteiger charge is -2.31. The lowest BCUT2D eigenvalue weighted by atomic mass is 9.94. The minimum atomic E-state index is -4.20. The average molecular weight is 308 g/mol. The van der Waals surface area contributed by atoms with Crippen LogP contribution in [0.15, 0.2) is 18.2 Å². The maximum Gasteiger partial charge on any atom is 0.389 e. The maximum atomic E-state index is 13.7. The number of nitrogens with two attached hydrogens (primary N) is 1. The Bertz CT molecular complexity index is 465. The number of ether oxygens (including phenoxy) is 1. The number of halogens is 4. The van der Waals surface area contributed by atoms with Gasteiger partial charge in [0.2, 0.25) is 0 Å². The second kappa shape index (κ2) is 6.98. The second-order valence-electron chi connectivity index (χ2n) is 5.20. The van der Waals surface area contributed by atoms with Crippen molar-refractivity contribution in [2.45, 2.75) is 37.9 Å². The fourth-order valence-corrected chi connectivity index (χ4v) is 1.95. The Morgan fingerprint density at radius 2 is 1.90 bits per heavy atom. The third kappa shape index (κ3) is 5.79. The molecular formula is C14H20F4N2O. The average Bonchev–Trinajstić information content (AvgIpc) is 2.40. The molecule has 0 aromatic heterocycles. The third-order valence-electron chi connectivity index (χ3n) is 3.25. The molecule has 1 aromatic rings. The summed E-state index contributed by atoms with van der Waals surface area (Å²) in [5.41, 5.74) is 4.97. The highest BCUT2D eigenvalue weighted by molar-refractivity contribution is 5.51. The van der Waals surface area contributed by atoms with Gasteiger partial charge in [0, 0.05) is 24.6 Å². The van der Waals surface area contributed by atoms with Gasteiger partial charge in [0.05, 0.1) is 12.8 Å². The summed E-state index contributed by atoms with van der Waals surface area (Å²) in [7, 11) is 1.45. The first-order valence-electron chi connectivity index (χ1n) is 6.58. The molecule has 3 nitrogen and oxygen atoms in total. The van der Waals surface area contributed by atoms with Gasteiger partial charge < -0.3 is 15.8 Å². The van der Waals surface area contributed by atoms with Crippen LogP contribution in [0.5, 0.6) is 5.75 Å². The van der Waals surface area contributed by atoms with Gasteiger partial charge in [-0.2, -0.15) is 13.2 Å². The van der Waals surface area contributed by atoms with Crippen LogP contribution in [0, 0.1) is 5.82 Å². The van der Waals surface area contributed by atoms with Crippen molar-refractivity contribution in [3.8, 4) is 5.75 Å². The quantitative estimate of drug-likeness (QED) is 0.755. The Balaban J connectivity index is 2.76. The summed E-state index contributed by atoms with van der Waals surface area (Å²) in [5.74, 6) is -0.0557. The first kappa shape index (κ1) is 17.6. The van der Waals surface area contributed by atoms with Gasteiger partial charge in [-0.1, -0.05) is 0 Å². The molecule has 0 spiro atoms. The van der Waals surface area contributed by atoms with Crippen LogP contribution in [0.2, 0.25) is 0 Å². The summed E-state index contributed by atoms with van der Waals surface area (Å²) in [6.45, 7) is 1.75. The van der Waals surface area contributed by atoms with Crippen LogP contribution >= 0.6 is 0 Å². The van der Waals surface area contributed by atoms with Crippen molar-refractivity contribution >= 4 is 5.69 Å². The smallest absolute Gasteiger partial charge is 0.389 e. The summed E-state index contributed by atoms with van der Waals surface area (Å²) >= 11 is 0. The van der Waals surface area contributed by atoms with E-state index in [1.165, 1.54) is 25.3 Å². The van der Waals surface area contributed by atoms with Crippen LogP contribution in [0.1, 0.15) is 26.2 Å². The van der Waals surface area contributed by atoms with Gasteiger partial charge >= 0.3 is 6.18 Å². The number of benzene rings is 1. The molecule has 1 unspecified atom stereocenters. The van der Waals surface area contributed by atoms with Gasteiger partial charge in [0.25, 0.3) is 0 Å². The van der Waals surface area contributed by atoms with Crippen LogP contribution in [0.3, 0.4) is 0 Å². The van der Waals surface area contributed by atoms with Gasteiger partial charge in [-0.05, 0) is 31.9 Å². The molecule has 0 amide bonds. The zero-order valence-corrected chi connectivity index (χ0v) is 12.1. The Labute approximate surface area is 121 Å². The number of alkyl halides is 3. The fourth-order valence-electron chi connectivity index (χ4n) is 1.95. The Hall–Kier alpha value is -1.50. The minimum Gasteiger partial charge on any atom is -0.497 e.